The van der Waals surface area contributed by atoms with Gasteiger partial charge in [-0.1, -0.05) is 202 Å². The fraction of sp³-hybridized carbons (Fsp3) is 0.741. The molecule has 4 N–H and O–H groups in total. The zero-order valence-corrected chi connectivity index (χ0v) is 42.2. The number of phosphoric acid groups is 1. The second kappa shape index (κ2) is 49.3. The van der Waals surface area contributed by atoms with E-state index in [1.807, 2.05) is 0 Å². The summed E-state index contributed by atoms with van der Waals surface area (Å²) in [7, 11) is -4.63. The third-order valence-electron chi connectivity index (χ3n) is 11.0. The van der Waals surface area contributed by atoms with Crippen molar-refractivity contribution in [2.45, 2.75) is 231 Å². The molecular formula is C54H96NO9P. The van der Waals surface area contributed by atoms with Crippen molar-refractivity contribution in [3.05, 3.63) is 72.9 Å². The van der Waals surface area contributed by atoms with Crippen LogP contribution in [0, 0.1) is 0 Å². The van der Waals surface area contributed by atoms with E-state index in [0.29, 0.717) is 13.0 Å². The fourth-order valence-corrected chi connectivity index (χ4v) is 7.76. The Kier molecular flexibility index (Phi) is 47.4. The number of nitrogens with two attached hydrogens (primary N) is 1. The van der Waals surface area contributed by atoms with E-state index in [1.54, 1.807) is 0 Å². The third-order valence-corrected chi connectivity index (χ3v) is 11.9. The summed E-state index contributed by atoms with van der Waals surface area (Å²) in [5.74, 6) is -1.79. The SMILES string of the molecule is CC/C=C\C/C=C\C/C=C\C/C=C\CCCCCCCCCCC(=O)OC(COCCCCCCCCCCCC/C=C\C/C=C\CCCCCCC)COP(=O)(O)OCC(N)C(=O)O. The normalized spacial score (nSPS) is 14.3. The quantitative estimate of drug-likeness (QED) is 0.0232. The first-order valence-corrected chi connectivity index (χ1v) is 27.5. The number of carbonyl (C=O) groups excluding carboxylic acids is 1. The maximum Gasteiger partial charge on any atom is 0.472 e. The van der Waals surface area contributed by atoms with Crippen LogP contribution in [0.5, 0.6) is 0 Å². The van der Waals surface area contributed by atoms with Crippen LogP contribution < -0.4 is 5.73 Å². The smallest absolute Gasteiger partial charge is 0.472 e. The second-order valence-electron chi connectivity index (χ2n) is 17.3. The Balaban J connectivity index is 4.16. The Hall–Kier alpha value is -2.59. The van der Waals surface area contributed by atoms with Gasteiger partial charge in [-0.15, -0.1) is 0 Å². The van der Waals surface area contributed by atoms with Gasteiger partial charge in [-0.25, -0.2) is 4.57 Å². The minimum absolute atomic E-state index is 0.00869. The molecule has 0 heterocycles. The number of carbonyl (C=O) groups is 2. The Bertz CT molecular complexity index is 1310. The van der Waals surface area contributed by atoms with Crippen LogP contribution in [-0.2, 0) is 32.7 Å². The van der Waals surface area contributed by atoms with Crippen LogP contribution in [0.25, 0.3) is 0 Å². The van der Waals surface area contributed by atoms with E-state index >= 15 is 0 Å². The number of rotatable bonds is 49. The van der Waals surface area contributed by atoms with Crippen molar-refractivity contribution >= 4 is 19.8 Å². The number of carboxylic acids is 1. The molecule has 0 aliphatic heterocycles. The number of carboxylic acid groups (broad SMARTS) is 1. The van der Waals surface area contributed by atoms with Gasteiger partial charge in [0.2, 0.25) is 0 Å². The van der Waals surface area contributed by atoms with Crippen LogP contribution in [0.4, 0.5) is 0 Å². The van der Waals surface area contributed by atoms with Crippen molar-refractivity contribution in [1.82, 2.24) is 0 Å². The van der Waals surface area contributed by atoms with Gasteiger partial charge >= 0.3 is 19.8 Å². The number of hydrogen-bond acceptors (Lipinski definition) is 8. The molecule has 0 aromatic heterocycles. The van der Waals surface area contributed by atoms with Gasteiger partial charge in [0.25, 0.3) is 0 Å². The van der Waals surface area contributed by atoms with Crippen molar-refractivity contribution < 1.29 is 42.7 Å². The lowest BCUT2D eigenvalue weighted by Gasteiger charge is -2.20. The Morgan fingerprint density at radius 2 is 0.892 bits per heavy atom. The lowest BCUT2D eigenvalue weighted by Crippen LogP contribution is -2.34. The van der Waals surface area contributed by atoms with Crippen LogP contribution in [0.2, 0.25) is 0 Å². The van der Waals surface area contributed by atoms with Crippen LogP contribution in [-0.4, -0.2) is 60.5 Å². The van der Waals surface area contributed by atoms with Gasteiger partial charge in [-0.3, -0.25) is 18.6 Å². The fourth-order valence-electron chi connectivity index (χ4n) is 6.98. The molecule has 0 fully saturated rings. The Labute approximate surface area is 397 Å². The molecule has 0 aromatic carbocycles. The van der Waals surface area contributed by atoms with E-state index in [4.69, 9.17) is 29.4 Å². The molecule has 0 spiro atoms. The van der Waals surface area contributed by atoms with Gasteiger partial charge in [0, 0.05) is 13.0 Å². The zero-order chi connectivity index (χ0) is 47.6. The molecular weight excluding hydrogens is 838 g/mol. The summed E-state index contributed by atoms with van der Waals surface area (Å²) in [5.41, 5.74) is 5.38. The number of hydrogen-bond donors (Lipinski definition) is 3. The standard InChI is InChI=1S/C54H96NO9P/c1-3-5-7-9-11-13-15-17-19-21-23-25-27-29-31-33-35-37-39-41-43-45-47-61-48-51(49-62-65(59,60)63-50-52(55)54(57)58)64-53(56)46-44-42-40-38-36-34-32-30-28-26-24-22-20-18-16-14-12-10-8-6-4-2/h6,8,12,14-15,17-18,20-21,23-24,26,51-52H,3-5,7,9-11,13,16,19,22,25,27-50,55H2,1-2H3,(H,57,58)(H,59,60)/b8-6-,14-12-,17-15-,20-18-,23-21-,26-24-. The van der Waals surface area contributed by atoms with Gasteiger partial charge in [0.1, 0.15) is 12.1 Å². The lowest BCUT2D eigenvalue weighted by molar-refractivity contribution is -0.154. The summed E-state index contributed by atoms with van der Waals surface area (Å²) < 4.78 is 33.5. The molecule has 0 aliphatic carbocycles. The van der Waals surface area contributed by atoms with Crippen molar-refractivity contribution in [3.63, 3.8) is 0 Å². The van der Waals surface area contributed by atoms with E-state index in [-0.39, 0.29) is 13.0 Å². The maximum absolute atomic E-state index is 12.7. The summed E-state index contributed by atoms with van der Waals surface area (Å²) >= 11 is 0. The van der Waals surface area contributed by atoms with Gasteiger partial charge in [-0.2, -0.15) is 0 Å². The maximum atomic E-state index is 12.7. The lowest BCUT2D eigenvalue weighted by atomic mass is 10.1. The van der Waals surface area contributed by atoms with Gasteiger partial charge < -0.3 is 25.2 Å². The van der Waals surface area contributed by atoms with Crippen LogP contribution >= 0.6 is 7.82 Å². The number of esters is 1. The number of unbranched alkanes of at least 4 members (excludes halogenated alkanes) is 23. The third kappa shape index (κ3) is 49.1. The topological polar surface area (TPSA) is 155 Å². The van der Waals surface area contributed by atoms with Crippen molar-refractivity contribution in [2.75, 3.05) is 26.4 Å². The summed E-state index contributed by atoms with van der Waals surface area (Å²) in [6.45, 7) is 3.76. The molecule has 10 nitrogen and oxygen atoms in total. The van der Waals surface area contributed by atoms with Crippen molar-refractivity contribution in [1.29, 1.82) is 0 Å². The van der Waals surface area contributed by atoms with Gasteiger partial charge in [0.05, 0.1) is 19.8 Å². The summed E-state index contributed by atoms with van der Waals surface area (Å²) in [6.07, 6.45) is 62.4. The van der Waals surface area contributed by atoms with E-state index in [2.05, 4.69) is 86.8 Å². The van der Waals surface area contributed by atoms with Gasteiger partial charge in [0.15, 0.2) is 0 Å². The molecule has 3 unspecified atom stereocenters. The Morgan fingerprint density at radius 3 is 1.34 bits per heavy atom. The summed E-state index contributed by atoms with van der Waals surface area (Å²) in [6, 6.07) is -1.48. The summed E-state index contributed by atoms with van der Waals surface area (Å²) in [4.78, 5) is 33.7. The number of allylic oxidation sites excluding steroid dienone is 12. The first kappa shape index (κ1) is 62.4. The molecule has 3 atom stereocenters. The highest BCUT2D eigenvalue weighted by Crippen LogP contribution is 2.43. The molecule has 0 radical (unpaired) electrons. The molecule has 0 saturated carbocycles. The van der Waals surface area contributed by atoms with E-state index in [9.17, 15) is 19.0 Å². The molecule has 376 valence electrons. The van der Waals surface area contributed by atoms with Crippen LogP contribution in [0.3, 0.4) is 0 Å². The molecule has 0 aromatic rings. The average Bonchev–Trinajstić information content (AvgIpc) is 3.29. The monoisotopic (exact) mass is 934 g/mol. The summed E-state index contributed by atoms with van der Waals surface area (Å²) in [5, 5.41) is 8.93. The van der Waals surface area contributed by atoms with Crippen LogP contribution in [0.15, 0.2) is 72.9 Å². The molecule has 0 aliphatic rings. The predicted octanol–water partition coefficient (Wildman–Crippen LogP) is 15.3. The number of ether oxygens (including phenoxy) is 2. The largest absolute Gasteiger partial charge is 0.480 e. The highest BCUT2D eigenvalue weighted by Gasteiger charge is 2.27. The average molecular weight is 934 g/mol. The number of aliphatic carboxylic acids is 1. The molecule has 0 amide bonds. The van der Waals surface area contributed by atoms with E-state index in [0.717, 1.165) is 77.0 Å². The Morgan fingerprint density at radius 1 is 0.508 bits per heavy atom. The van der Waals surface area contributed by atoms with E-state index in [1.165, 1.54) is 116 Å². The minimum atomic E-state index is -4.63. The first-order chi connectivity index (χ1) is 31.7. The zero-order valence-electron chi connectivity index (χ0n) is 41.3. The highest BCUT2D eigenvalue weighted by atomic mass is 31.2. The molecule has 0 saturated heterocycles. The second-order valence-corrected chi connectivity index (χ2v) is 18.7. The van der Waals surface area contributed by atoms with Gasteiger partial charge in [-0.05, 0) is 83.5 Å². The van der Waals surface area contributed by atoms with Crippen molar-refractivity contribution in [2.24, 2.45) is 5.73 Å². The van der Waals surface area contributed by atoms with E-state index < -0.39 is 45.1 Å². The molecule has 0 bridgehead atoms. The highest BCUT2D eigenvalue weighted by molar-refractivity contribution is 7.47. The molecule has 0 rings (SSSR count). The predicted molar refractivity (Wildman–Crippen MR) is 272 cm³/mol. The van der Waals surface area contributed by atoms with Crippen LogP contribution in [0.1, 0.15) is 219 Å². The first-order valence-electron chi connectivity index (χ1n) is 26.0. The molecule has 65 heavy (non-hydrogen) atoms. The molecule has 11 heteroatoms. The van der Waals surface area contributed by atoms with Crippen molar-refractivity contribution in [3.8, 4) is 0 Å². The minimum Gasteiger partial charge on any atom is -0.480 e. The number of phosphoric ester groups is 1.